The highest BCUT2D eigenvalue weighted by Gasteiger charge is 2.35. The Labute approximate surface area is 153 Å². The second-order valence-electron chi connectivity index (χ2n) is 5.86. The zero-order valence-corrected chi connectivity index (χ0v) is 14.7. The van der Waals surface area contributed by atoms with Crippen molar-refractivity contribution in [1.82, 2.24) is 4.98 Å². The van der Waals surface area contributed by atoms with Gasteiger partial charge in [0.25, 0.3) is 0 Å². The van der Waals surface area contributed by atoms with Gasteiger partial charge in [-0.15, -0.1) is 0 Å². The third kappa shape index (κ3) is 3.23. The first-order valence-electron chi connectivity index (χ1n) is 7.82. The van der Waals surface area contributed by atoms with Crippen LogP contribution in [0.1, 0.15) is 6.42 Å². The van der Waals surface area contributed by atoms with E-state index in [4.69, 9.17) is 11.6 Å². The van der Waals surface area contributed by atoms with Gasteiger partial charge in [0, 0.05) is 23.7 Å². The van der Waals surface area contributed by atoms with Crippen LogP contribution in [0.2, 0.25) is 5.02 Å². The van der Waals surface area contributed by atoms with Gasteiger partial charge in [0.1, 0.15) is 0 Å². The van der Waals surface area contributed by atoms with Gasteiger partial charge in [-0.2, -0.15) is 0 Å². The highest BCUT2D eigenvalue weighted by molar-refractivity contribution is 7.22. The number of para-hydroxylation sites is 1. The third-order valence-electron chi connectivity index (χ3n) is 4.16. The molecule has 1 saturated heterocycles. The van der Waals surface area contributed by atoms with E-state index in [0.717, 1.165) is 15.9 Å². The number of carbonyl (C=O) groups is 2. The summed E-state index contributed by atoms with van der Waals surface area (Å²) in [7, 11) is 0. The highest BCUT2D eigenvalue weighted by Crippen LogP contribution is 2.29. The Hall–Kier alpha value is -2.44. The number of aromatic nitrogens is 1. The lowest BCUT2D eigenvalue weighted by Gasteiger charge is -2.16. The molecule has 2 heterocycles. The Balaban J connectivity index is 1.47. The van der Waals surface area contributed by atoms with Crippen molar-refractivity contribution in [3.63, 3.8) is 0 Å². The molecule has 0 unspecified atom stereocenters. The lowest BCUT2D eigenvalue weighted by Crippen LogP contribution is -2.28. The molecule has 25 heavy (non-hydrogen) atoms. The predicted molar refractivity (Wildman–Crippen MR) is 100 cm³/mol. The average Bonchev–Trinajstić information content (AvgIpc) is 3.18. The number of halogens is 1. The topological polar surface area (TPSA) is 62.3 Å². The summed E-state index contributed by atoms with van der Waals surface area (Å²) in [5.41, 5.74) is 1.61. The van der Waals surface area contributed by atoms with Crippen LogP contribution in [0.15, 0.2) is 48.5 Å². The van der Waals surface area contributed by atoms with Crippen LogP contribution in [0, 0.1) is 5.92 Å². The summed E-state index contributed by atoms with van der Waals surface area (Å²) in [6, 6.07) is 14.8. The summed E-state index contributed by atoms with van der Waals surface area (Å²) < 4.78 is 1.02. The lowest BCUT2D eigenvalue weighted by atomic mass is 10.1. The molecule has 3 aromatic rings. The minimum Gasteiger partial charge on any atom is -0.312 e. The van der Waals surface area contributed by atoms with Crippen molar-refractivity contribution >= 4 is 55.8 Å². The van der Waals surface area contributed by atoms with Gasteiger partial charge in [-0.1, -0.05) is 35.1 Å². The molecule has 1 atom stereocenters. The van der Waals surface area contributed by atoms with E-state index >= 15 is 0 Å². The number of nitrogens with zero attached hydrogens (tertiary/aromatic N) is 2. The SMILES string of the molecule is O=C(Nc1nc2ccccc2s1)[C@@H]1CC(=O)N(c2ccc(Cl)cc2)C1. The second kappa shape index (κ2) is 6.46. The number of fused-ring (bicyclic) bond motifs is 1. The minimum absolute atomic E-state index is 0.0632. The highest BCUT2D eigenvalue weighted by atomic mass is 35.5. The van der Waals surface area contributed by atoms with E-state index in [-0.39, 0.29) is 18.2 Å². The fraction of sp³-hybridized carbons (Fsp3) is 0.167. The Kier molecular flexibility index (Phi) is 4.15. The van der Waals surface area contributed by atoms with Crippen molar-refractivity contribution in [3.8, 4) is 0 Å². The number of nitrogens with one attached hydrogen (secondary N) is 1. The maximum atomic E-state index is 12.5. The molecule has 0 radical (unpaired) electrons. The molecule has 1 aliphatic rings. The average molecular weight is 372 g/mol. The first-order chi connectivity index (χ1) is 12.1. The van der Waals surface area contributed by atoms with Crippen molar-refractivity contribution in [2.75, 3.05) is 16.8 Å². The number of anilines is 2. The van der Waals surface area contributed by atoms with Gasteiger partial charge < -0.3 is 10.2 Å². The predicted octanol–water partition coefficient (Wildman–Crippen LogP) is 3.94. The van der Waals surface area contributed by atoms with E-state index < -0.39 is 5.92 Å². The molecule has 5 nitrogen and oxygen atoms in total. The fourth-order valence-electron chi connectivity index (χ4n) is 2.89. The number of rotatable bonds is 3. The van der Waals surface area contributed by atoms with Crippen LogP contribution in [0.25, 0.3) is 10.2 Å². The fourth-order valence-corrected chi connectivity index (χ4v) is 3.88. The smallest absolute Gasteiger partial charge is 0.231 e. The van der Waals surface area contributed by atoms with Gasteiger partial charge in [0.15, 0.2) is 5.13 Å². The Morgan fingerprint density at radius 3 is 2.72 bits per heavy atom. The van der Waals surface area contributed by atoms with Crippen LogP contribution in [0.5, 0.6) is 0 Å². The minimum atomic E-state index is -0.393. The molecular weight excluding hydrogens is 358 g/mol. The zero-order valence-electron chi connectivity index (χ0n) is 13.1. The van der Waals surface area contributed by atoms with E-state index in [1.807, 2.05) is 24.3 Å². The lowest BCUT2D eigenvalue weighted by molar-refractivity contribution is -0.122. The van der Waals surface area contributed by atoms with Crippen LogP contribution >= 0.6 is 22.9 Å². The first kappa shape index (κ1) is 16.1. The maximum absolute atomic E-state index is 12.5. The Bertz CT molecular complexity index is 921. The molecule has 0 saturated carbocycles. The van der Waals surface area contributed by atoms with Crippen molar-refractivity contribution in [1.29, 1.82) is 0 Å². The summed E-state index contributed by atoms with van der Waals surface area (Å²) in [5, 5.41) is 4.01. The summed E-state index contributed by atoms with van der Waals surface area (Å²) >= 11 is 7.31. The molecule has 2 aromatic carbocycles. The van der Waals surface area contributed by atoms with Crippen LogP contribution in [0.4, 0.5) is 10.8 Å². The van der Waals surface area contributed by atoms with Crippen molar-refractivity contribution in [2.45, 2.75) is 6.42 Å². The molecule has 1 aliphatic heterocycles. The molecule has 4 rings (SSSR count). The number of benzene rings is 2. The summed E-state index contributed by atoms with van der Waals surface area (Å²) in [6.45, 7) is 0.358. The molecule has 0 spiro atoms. The molecular formula is C18H14ClN3O2S. The number of carbonyl (C=O) groups excluding carboxylic acids is 2. The van der Waals surface area contributed by atoms with Crippen molar-refractivity contribution in [2.24, 2.45) is 5.92 Å². The van der Waals surface area contributed by atoms with E-state index in [0.29, 0.717) is 16.7 Å². The summed E-state index contributed by atoms with van der Waals surface area (Å²) in [5.74, 6) is -0.633. The van der Waals surface area contributed by atoms with Gasteiger partial charge in [0.05, 0.1) is 16.1 Å². The maximum Gasteiger partial charge on any atom is 0.231 e. The summed E-state index contributed by atoms with van der Waals surface area (Å²) in [6.07, 6.45) is 0.194. The molecule has 126 valence electrons. The standard InChI is InChI=1S/C18H14ClN3O2S/c19-12-5-7-13(8-6-12)22-10-11(9-16(22)23)17(24)21-18-20-14-3-1-2-4-15(14)25-18/h1-8,11H,9-10H2,(H,20,21,24)/t11-/m1/s1. The zero-order chi connectivity index (χ0) is 17.4. The van der Waals surface area contributed by atoms with E-state index in [9.17, 15) is 9.59 Å². The van der Waals surface area contributed by atoms with Gasteiger partial charge in [-0.05, 0) is 36.4 Å². The van der Waals surface area contributed by atoms with Crippen molar-refractivity contribution in [3.05, 3.63) is 53.6 Å². The van der Waals surface area contributed by atoms with E-state index in [2.05, 4.69) is 10.3 Å². The first-order valence-corrected chi connectivity index (χ1v) is 9.02. The van der Waals surface area contributed by atoms with Gasteiger partial charge in [0.2, 0.25) is 11.8 Å². The monoisotopic (exact) mass is 371 g/mol. The van der Waals surface area contributed by atoms with Gasteiger partial charge in [-0.3, -0.25) is 9.59 Å². The van der Waals surface area contributed by atoms with Crippen molar-refractivity contribution < 1.29 is 9.59 Å². The van der Waals surface area contributed by atoms with Crippen LogP contribution in [0.3, 0.4) is 0 Å². The van der Waals surface area contributed by atoms with Crippen LogP contribution < -0.4 is 10.2 Å². The molecule has 2 amide bonds. The largest absolute Gasteiger partial charge is 0.312 e. The van der Waals surface area contributed by atoms with Crippen LogP contribution in [-0.2, 0) is 9.59 Å². The number of thiazole rings is 1. The number of hydrogen-bond donors (Lipinski definition) is 1. The summed E-state index contributed by atoms with van der Waals surface area (Å²) in [4.78, 5) is 30.8. The molecule has 0 aliphatic carbocycles. The molecule has 0 bridgehead atoms. The Morgan fingerprint density at radius 1 is 1.20 bits per heavy atom. The van der Waals surface area contributed by atoms with E-state index in [1.54, 1.807) is 29.2 Å². The van der Waals surface area contributed by atoms with Gasteiger partial charge >= 0.3 is 0 Å². The van der Waals surface area contributed by atoms with E-state index in [1.165, 1.54) is 11.3 Å². The normalized spacial score (nSPS) is 17.2. The number of hydrogen-bond acceptors (Lipinski definition) is 4. The molecule has 1 N–H and O–H groups in total. The molecule has 7 heteroatoms. The number of amides is 2. The second-order valence-corrected chi connectivity index (χ2v) is 7.32. The quantitative estimate of drug-likeness (QED) is 0.758. The third-order valence-corrected chi connectivity index (χ3v) is 5.36. The molecule has 1 fully saturated rings. The van der Waals surface area contributed by atoms with Gasteiger partial charge in [-0.25, -0.2) is 4.98 Å². The Morgan fingerprint density at radius 2 is 1.96 bits per heavy atom. The van der Waals surface area contributed by atoms with Crippen LogP contribution in [-0.4, -0.2) is 23.3 Å². The molecule has 1 aromatic heterocycles.